The zero-order valence-corrected chi connectivity index (χ0v) is 17.7. The molecule has 29 heavy (non-hydrogen) atoms. The number of amides is 1. The summed E-state index contributed by atoms with van der Waals surface area (Å²) in [5, 5.41) is 11.9. The number of carboxylic acid groups (broad SMARTS) is 1. The number of hydrogen-bond acceptors (Lipinski definition) is 3. The van der Waals surface area contributed by atoms with E-state index in [9.17, 15) is 9.59 Å². The molecule has 1 saturated heterocycles. The Morgan fingerprint density at radius 3 is 2.21 bits per heavy atom. The zero-order valence-electron chi connectivity index (χ0n) is 16.9. The molecular weight excluding hydrogens is 388 g/mol. The molecule has 1 aliphatic heterocycles. The molecule has 1 heterocycles. The molecule has 2 atom stereocenters. The van der Waals surface area contributed by atoms with E-state index in [-0.39, 0.29) is 29.8 Å². The van der Waals surface area contributed by atoms with Crippen LogP contribution in [0, 0.1) is 0 Å². The summed E-state index contributed by atoms with van der Waals surface area (Å²) in [6.07, 6.45) is 3.65. The van der Waals surface area contributed by atoms with Crippen molar-refractivity contribution in [2.75, 3.05) is 25.0 Å². The van der Waals surface area contributed by atoms with Crippen molar-refractivity contribution in [1.82, 2.24) is 5.32 Å². The lowest BCUT2D eigenvalue weighted by molar-refractivity contribution is -0.122. The molecule has 1 amide bonds. The first kappa shape index (κ1) is 22.8. The number of hydrogen-bond donors (Lipinski definition) is 2. The molecule has 2 aromatic carbocycles. The first-order chi connectivity index (χ1) is 13.5. The number of carboxylic acids is 1. The Kier molecular flexibility index (Phi) is 8.09. The van der Waals surface area contributed by atoms with Crippen molar-refractivity contribution >= 4 is 30.0 Å². The molecule has 5 nitrogen and oxygen atoms in total. The maximum Gasteiger partial charge on any atom is 0.335 e. The van der Waals surface area contributed by atoms with Crippen LogP contribution in [0.15, 0.2) is 48.5 Å². The predicted octanol–water partition coefficient (Wildman–Crippen LogP) is 4.43. The highest BCUT2D eigenvalue weighted by Crippen LogP contribution is 2.38. The van der Waals surface area contributed by atoms with E-state index in [4.69, 9.17) is 5.11 Å². The van der Waals surface area contributed by atoms with Gasteiger partial charge in [-0.2, -0.15) is 0 Å². The van der Waals surface area contributed by atoms with E-state index >= 15 is 0 Å². The smallest absolute Gasteiger partial charge is 0.335 e. The predicted molar refractivity (Wildman–Crippen MR) is 118 cm³/mol. The normalized spacial score (nSPS) is 15.7. The summed E-state index contributed by atoms with van der Waals surface area (Å²) in [5.41, 5.74) is 3.40. The van der Waals surface area contributed by atoms with Crippen LogP contribution in [-0.2, 0) is 4.79 Å². The largest absolute Gasteiger partial charge is 0.478 e. The van der Waals surface area contributed by atoms with Crippen LogP contribution in [0.2, 0.25) is 0 Å². The lowest BCUT2D eigenvalue weighted by Gasteiger charge is -2.33. The first-order valence-corrected chi connectivity index (χ1v) is 9.91. The van der Waals surface area contributed by atoms with Crippen LogP contribution in [0.4, 0.5) is 5.69 Å². The van der Waals surface area contributed by atoms with Gasteiger partial charge in [0.15, 0.2) is 0 Å². The van der Waals surface area contributed by atoms with Crippen LogP contribution in [0.1, 0.15) is 59.5 Å². The molecule has 1 aliphatic rings. The molecule has 6 heteroatoms. The summed E-state index contributed by atoms with van der Waals surface area (Å²) in [7, 11) is 1.64. The Bertz CT molecular complexity index is 832. The molecule has 2 N–H and O–H groups in total. The van der Waals surface area contributed by atoms with E-state index in [0.717, 1.165) is 24.2 Å². The maximum atomic E-state index is 12.8. The van der Waals surface area contributed by atoms with Gasteiger partial charge in [0.05, 0.1) is 11.5 Å². The summed E-state index contributed by atoms with van der Waals surface area (Å²) in [6, 6.07) is 15.0. The molecular formula is C23H29ClN2O3. The van der Waals surface area contributed by atoms with Gasteiger partial charge in [-0.05, 0) is 54.5 Å². The lowest BCUT2D eigenvalue weighted by atomic mass is 9.81. The number of nitrogens with one attached hydrogen (secondary N) is 1. The summed E-state index contributed by atoms with van der Waals surface area (Å²) in [4.78, 5) is 26.4. The first-order valence-electron chi connectivity index (χ1n) is 9.91. The molecule has 0 bridgehead atoms. The van der Waals surface area contributed by atoms with E-state index in [1.807, 2.05) is 6.07 Å². The second-order valence-corrected chi connectivity index (χ2v) is 7.41. The third kappa shape index (κ3) is 5.10. The highest BCUT2D eigenvalue weighted by atomic mass is 35.5. The van der Waals surface area contributed by atoms with Gasteiger partial charge in [0.25, 0.3) is 0 Å². The number of anilines is 1. The topological polar surface area (TPSA) is 69.6 Å². The zero-order chi connectivity index (χ0) is 20.1. The molecule has 0 spiro atoms. The molecule has 0 saturated carbocycles. The number of para-hydroxylation sites is 1. The minimum atomic E-state index is -0.966. The second-order valence-electron chi connectivity index (χ2n) is 7.41. The fourth-order valence-electron chi connectivity index (χ4n) is 4.13. The van der Waals surface area contributed by atoms with Gasteiger partial charge in [-0.15, -0.1) is 12.4 Å². The number of rotatable bonds is 6. The van der Waals surface area contributed by atoms with Crippen molar-refractivity contribution in [2.24, 2.45) is 0 Å². The van der Waals surface area contributed by atoms with E-state index < -0.39 is 11.9 Å². The number of nitrogens with zero attached hydrogens (tertiary/aromatic N) is 1. The minimum absolute atomic E-state index is 0. The number of benzene rings is 2. The molecule has 1 fully saturated rings. The Hall–Kier alpha value is -2.53. The fraction of sp³-hybridized carbons (Fsp3) is 0.391. The molecule has 2 unspecified atom stereocenters. The fourth-order valence-corrected chi connectivity index (χ4v) is 4.13. The number of aromatic carboxylic acids is 1. The third-order valence-corrected chi connectivity index (χ3v) is 5.67. The monoisotopic (exact) mass is 416 g/mol. The molecule has 0 aromatic heterocycles. The van der Waals surface area contributed by atoms with Crippen LogP contribution in [0.3, 0.4) is 0 Å². The Morgan fingerprint density at radius 2 is 1.62 bits per heavy atom. The van der Waals surface area contributed by atoms with Crippen LogP contribution in [0.5, 0.6) is 0 Å². The number of piperidine rings is 1. The number of likely N-dealkylation sites (N-methyl/N-ethyl adjacent to an activating group) is 1. The average Bonchev–Trinajstić information content (AvgIpc) is 2.74. The SMILES string of the molecule is CNC(=O)C(c1ccc(C(=O)O)cc1)C(C)c1ccccc1N1CCCCC1.Cl. The molecule has 3 rings (SSSR count). The van der Waals surface area contributed by atoms with Gasteiger partial charge < -0.3 is 15.3 Å². The van der Waals surface area contributed by atoms with E-state index in [1.165, 1.54) is 24.9 Å². The van der Waals surface area contributed by atoms with Crippen LogP contribution < -0.4 is 10.2 Å². The summed E-state index contributed by atoms with van der Waals surface area (Å²) in [5.74, 6) is -1.47. The standard InChI is InChI=1S/C23H28N2O3.ClH/c1-16(19-8-4-5-9-20(19)25-14-6-3-7-15-25)21(22(26)24-2)17-10-12-18(13-11-17)23(27)28;/h4-5,8-13,16,21H,3,6-7,14-15H2,1-2H3,(H,24,26)(H,27,28);1H. The summed E-state index contributed by atoms with van der Waals surface area (Å²) in [6.45, 7) is 4.16. The van der Waals surface area contributed by atoms with Gasteiger partial charge in [-0.1, -0.05) is 37.3 Å². The van der Waals surface area contributed by atoms with Crippen LogP contribution in [-0.4, -0.2) is 37.1 Å². The van der Waals surface area contributed by atoms with Gasteiger partial charge in [-0.25, -0.2) is 4.79 Å². The van der Waals surface area contributed by atoms with Crippen molar-refractivity contribution in [2.45, 2.75) is 38.0 Å². The number of halogens is 1. The summed E-state index contributed by atoms with van der Waals surface area (Å²) >= 11 is 0. The van der Waals surface area contributed by atoms with Crippen molar-refractivity contribution in [3.8, 4) is 0 Å². The van der Waals surface area contributed by atoms with Crippen molar-refractivity contribution in [1.29, 1.82) is 0 Å². The molecule has 0 aliphatic carbocycles. The van der Waals surface area contributed by atoms with Crippen molar-refractivity contribution in [3.63, 3.8) is 0 Å². The molecule has 2 aromatic rings. The van der Waals surface area contributed by atoms with Gasteiger partial charge in [-0.3, -0.25) is 4.79 Å². The Labute approximate surface area is 178 Å². The number of carbonyl (C=O) groups is 2. The minimum Gasteiger partial charge on any atom is -0.478 e. The summed E-state index contributed by atoms with van der Waals surface area (Å²) < 4.78 is 0. The Balaban J connectivity index is 0.00000300. The van der Waals surface area contributed by atoms with Crippen molar-refractivity contribution < 1.29 is 14.7 Å². The number of carbonyl (C=O) groups excluding carboxylic acids is 1. The van der Waals surface area contributed by atoms with E-state index in [1.54, 1.807) is 31.3 Å². The van der Waals surface area contributed by atoms with Crippen LogP contribution in [0.25, 0.3) is 0 Å². The van der Waals surface area contributed by atoms with Gasteiger partial charge in [0.2, 0.25) is 5.91 Å². The molecule has 0 radical (unpaired) electrons. The van der Waals surface area contributed by atoms with Crippen LogP contribution >= 0.6 is 12.4 Å². The van der Waals surface area contributed by atoms with E-state index in [2.05, 4.69) is 35.3 Å². The maximum absolute atomic E-state index is 12.8. The van der Waals surface area contributed by atoms with Crippen molar-refractivity contribution in [3.05, 3.63) is 65.2 Å². The second kappa shape index (κ2) is 10.3. The highest BCUT2D eigenvalue weighted by Gasteiger charge is 2.30. The highest BCUT2D eigenvalue weighted by molar-refractivity contribution is 5.88. The van der Waals surface area contributed by atoms with Gasteiger partial charge in [0.1, 0.15) is 0 Å². The quantitative estimate of drug-likeness (QED) is 0.730. The molecule has 156 valence electrons. The third-order valence-electron chi connectivity index (χ3n) is 5.67. The van der Waals surface area contributed by atoms with Gasteiger partial charge in [0, 0.05) is 25.8 Å². The Morgan fingerprint density at radius 1 is 1.00 bits per heavy atom. The average molecular weight is 417 g/mol. The van der Waals surface area contributed by atoms with Gasteiger partial charge >= 0.3 is 5.97 Å². The lowest BCUT2D eigenvalue weighted by Crippen LogP contribution is -2.32. The van der Waals surface area contributed by atoms with E-state index in [0.29, 0.717) is 0 Å².